The van der Waals surface area contributed by atoms with Crippen LogP contribution in [-0.2, 0) is 28.6 Å². The Kier molecular flexibility index (Phi) is 64.3. The van der Waals surface area contributed by atoms with Crippen molar-refractivity contribution in [1.29, 1.82) is 0 Å². The van der Waals surface area contributed by atoms with Crippen LogP contribution in [0.5, 0.6) is 0 Å². The first kappa shape index (κ1) is 76.5. The normalized spacial score (nSPS) is 13.0. The van der Waals surface area contributed by atoms with E-state index in [0.717, 1.165) is 148 Å². The van der Waals surface area contributed by atoms with E-state index in [0.29, 0.717) is 19.3 Å². The summed E-state index contributed by atoms with van der Waals surface area (Å²) in [6.07, 6.45) is 96.2. The van der Waals surface area contributed by atoms with Gasteiger partial charge in [0.15, 0.2) is 6.10 Å². The molecule has 1 unspecified atom stereocenters. The Morgan fingerprint density at radius 1 is 0.259 bits per heavy atom. The second-order valence-corrected chi connectivity index (χ2v) is 22.0. The van der Waals surface area contributed by atoms with E-state index in [1.165, 1.54) is 116 Å². The second kappa shape index (κ2) is 68.1. The molecule has 0 N–H and O–H groups in total. The molecule has 0 heterocycles. The summed E-state index contributed by atoms with van der Waals surface area (Å²) in [5.41, 5.74) is 0. The summed E-state index contributed by atoms with van der Waals surface area (Å²) in [7, 11) is 0. The first-order chi connectivity index (χ1) is 40.0. The maximum Gasteiger partial charge on any atom is 0.306 e. The van der Waals surface area contributed by atoms with Crippen molar-refractivity contribution in [2.45, 2.75) is 309 Å². The van der Waals surface area contributed by atoms with Crippen LogP contribution in [0.3, 0.4) is 0 Å². The third kappa shape index (κ3) is 66.2. The fourth-order valence-corrected chi connectivity index (χ4v) is 9.18. The highest BCUT2D eigenvalue weighted by Crippen LogP contribution is 2.16. The predicted molar refractivity (Wildman–Crippen MR) is 353 cm³/mol. The molecule has 0 aromatic rings. The molecule has 0 saturated carbocycles. The third-order valence-electron chi connectivity index (χ3n) is 14.2. The molecule has 460 valence electrons. The molecule has 0 fully saturated rings. The number of carbonyl (C=O) groups is 3. The number of allylic oxidation sites excluding steroid dienone is 22. The number of esters is 3. The molecule has 0 rings (SSSR count). The minimum absolute atomic E-state index is 0.0859. The Labute approximate surface area is 500 Å². The standard InChI is InChI=1S/C75H124O6/c1-4-7-10-13-16-19-21-23-25-27-29-31-32-33-34-35-36-37-38-39-40-41-42-44-45-47-49-51-53-56-59-62-65-68-74(77)80-71-72(70-79-73(76)67-64-61-58-55-18-15-12-9-6-3)81-75(78)69-66-63-60-57-54-52-50-48-46-43-30-28-26-24-22-20-17-14-11-8-5-2/h7-8,10-11,16-17,19-20,23-26,29-31,33-34,36-37,43,48,50,72H,4-6,9,12-15,18,21-22,27-28,32,35,38-42,44-47,49,51-71H2,1-3H3/b10-7-,11-8-,19-16-,20-17-,25-23-,26-24-,31-29-,34-33-,37-36-,43-30-,50-48-. The number of ether oxygens (including phenoxy) is 3. The van der Waals surface area contributed by atoms with Crippen LogP contribution in [-0.4, -0.2) is 37.2 Å². The van der Waals surface area contributed by atoms with E-state index in [1.54, 1.807) is 0 Å². The van der Waals surface area contributed by atoms with Crippen molar-refractivity contribution in [3.63, 3.8) is 0 Å². The van der Waals surface area contributed by atoms with Crippen molar-refractivity contribution in [1.82, 2.24) is 0 Å². The third-order valence-corrected chi connectivity index (χ3v) is 14.2. The van der Waals surface area contributed by atoms with Crippen LogP contribution in [0, 0.1) is 0 Å². The molecule has 0 aliphatic rings. The largest absolute Gasteiger partial charge is 0.462 e. The van der Waals surface area contributed by atoms with Gasteiger partial charge >= 0.3 is 17.9 Å². The minimum Gasteiger partial charge on any atom is -0.462 e. The molecule has 0 spiro atoms. The van der Waals surface area contributed by atoms with Gasteiger partial charge in [0.2, 0.25) is 0 Å². The number of rotatable bonds is 60. The zero-order valence-corrected chi connectivity index (χ0v) is 52.8. The van der Waals surface area contributed by atoms with Gasteiger partial charge in [-0.25, -0.2) is 0 Å². The molecule has 0 aromatic carbocycles. The maximum atomic E-state index is 12.9. The van der Waals surface area contributed by atoms with E-state index in [2.05, 4.69) is 154 Å². The van der Waals surface area contributed by atoms with Crippen molar-refractivity contribution in [2.24, 2.45) is 0 Å². The Bertz CT molecular complexity index is 1720. The molecule has 1 atom stereocenters. The van der Waals surface area contributed by atoms with Crippen molar-refractivity contribution in [3.05, 3.63) is 134 Å². The lowest BCUT2D eigenvalue weighted by Gasteiger charge is -2.18. The number of hydrogen-bond acceptors (Lipinski definition) is 6. The fourth-order valence-electron chi connectivity index (χ4n) is 9.18. The maximum absolute atomic E-state index is 12.9. The second-order valence-electron chi connectivity index (χ2n) is 22.0. The summed E-state index contributed by atoms with van der Waals surface area (Å²) in [5, 5.41) is 0. The first-order valence-corrected chi connectivity index (χ1v) is 33.7. The highest BCUT2D eigenvalue weighted by Gasteiger charge is 2.19. The molecule has 6 heteroatoms. The summed E-state index contributed by atoms with van der Waals surface area (Å²) < 4.78 is 16.9. The molecule has 81 heavy (non-hydrogen) atoms. The van der Waals surface area contributed by atoms with Crippen molar-refractivity contribution >= 4 is 17.9 Å². The van der Waals surface area contributed by atoms with Crippen molar-refractivity contribution < 1.29 is 28.6 Å². The highest BCUT2D eigenvalue weighted by molar-refractivity contribution is 5.71. The van der Waals surface area contributed by atoms with E-state index in [-0.39, 0.29) is 31.1 Å². The SMILES string of the molecule is CC/C=C\C/C=C\C/C=C\C/C=C\C/C=C\C/C=C\CCCCCCCCCCCCCCCCC(=O)OCC(COC(=O)CCCCCCCCCCC)OC(=O)CCCCCCC/C=C\C/C=C\C/C=C\C/C=C\C/C=C\CC. The van der Waals surface area contributed by atoms with E-state index in [1.807, 2.05) is 0 Å². The summed E-state index contributed by atoms with van der Waals surface area (Å²) in [6.45, 7) is 6.39. The molecular formula is C75H124O6. The summed E-state index contributed by atoms with van der Waals surface area (Å²) in [4.78, 5) is 38.2. The lowest BCUT2D eigenvalue weighted by atomic mass is 10.0. The van der Waals surface area contributed by atoms with Crippen LogP contribution in [0.15, 0.2) is 134 Å². The summed E-state index contributed by atoms with van der Waals surface area (Å²) in [5.74, 6) is -0.903. The Balaban J connectivity index is 4.18. The minimum atomic E-state index is -0.790. The van der Waals surface area contributed by atoms with Crippen LogP contribution in [0.2, 0.25) is 0 Å². The topological polar surface area (TPSA) is 78.9 Å². The molecule has 6 nitrogen and oxygen atoms in total. The quantitative estimate of drug-likeness (QED) is 0.0261. The van der Waals surface area contributed by atoms with Crippen LogP contribution in [0.4, 0.5) is 0 Å². The molecule has 0 aromatic heterocycles. The fraction of sp³-hybridized carbons (Fsp3) is 0.667. The molecule has 0 bridgehead atoms. The van der Waals surface area contributed by atoms with Crippen molar-refractivity contribution in [3.8, 4) is 0 Å². The van der Waals surface area contributed by atoms with Crippen LogP contribution in [0.1, 0.15) is 303 Å². The number of unbranched alkanes of at least 4 members (excludes halogenated alkanes) is 27. The lowest BCUT2D eigenvalue weighted by molar-refractivity contribution is -0.167. The van der Waals surface area contributed by atoms with E-state index >= 15 is 0 Å². The van der Waals surface area contributed by atoms with Gasteiger partial charge < -0.3 is 14.2 Å². The predicted octanol–water partition coefficient (Wildman–Crippen LogP) is 23.3. The van der Waals surface area contributed by atoms with Gasteiger partial charge in [-0.1, -0.05) is 302 Å². The molecule has 0 aliphatic heterocycles. The smallest absolute Gasteiger partial charge is 0.306 e. The van der Waals surface area contributed by atoms with Crippen LogP contribution < -0.4 is 0 Å². The van der Waals surface area contributed by atoms with Gasteiger partial charge in [-0.3, -0.25) is 14.4 Å². The molecule has 0 amide bonds. The Morgan fingerprint density at radius 2 is 0.481 bits per heavy atom. The zero-order valence-electron chi connectivity index (χ0n) is 52.8. The monoisotopic (exact) mass is 1120 g/mol. The van der Waals surface area contributed by atoms with Gasteiger partial charge in [-0.05, 0) is 116 Å². The highest BCUT2D eigenvalue weighted by atomic mass is 16.6. The molecule has 0 radical (unpaired) electrons. The average molecular weight is 1120 g/mol. The summed E-state index contributed by atoms with van der Waals surface area (Å²) >= 11 is 0. The lowest BCUT2D eigenvalue weighted by Crippen LogP contribution is -2.30. The first-order valence-electron chi connectivity index (χ1n) is 33.7. The van der Waals surface area contributed by atoms with Gasteiger partial charge in [0.1, 0.15) is 13.2 Å². The van der Waals surface area contributed by atoms with Gasteiger partial charge in [-0.2, -0.15) is 0 Å². The van der Waals surface area contributed by atoms with Gasteiger partial charge in [0.05, 0.1) is 0 Å². The van der Waals surface area contributed by atoms with Crippen LogP contribution >= 0.6 is 0 Å². The van der Waals surface area contributed by atoms with Gasteiger partial charge in [0.25, 0.3) is 0 Å². The van der Waals surface area contributed by atoms with Gasteiger partial charge in [-0.15, -0.1) is 0 Å². The van der Waals surface area contributed by atoms with E-state index in [9.17, 15) is 14.4 Å². The molecular weight excluding hydrogens is 997 g/mol. The zero-order chi connectivity index (χ0) is 58.5. The van der Waals surface area contributed by atoms with E-state index in [4.69, 9.17) is 14.2 Å². The summed E-state index contributed by atoms with van der Waals surface area (Å²) in [6, 6.07) is 0. The van der Waals surface area contributed by atoms with Crippen molar-refractivity contribution in [2.75, 3.05) is 13.2 Å². The molecule has 0 aliphatic carbocycles. The Morgan fingerprint density at radius 3 is 0.753 bits per heavy atom. The average Bonchev–Trinajstić information content (AvgIpc) is 3.47. The molecule has 0 saturated heterocycles. The van der Waals surface area contributed by atoms with Crippen LogP contribution in [0.25, 0.3) is 0 Å². The van der Waals surface area contributed by atoms with Gasteiger partial charge in [0, 0.05) is 19.3 Å². The number of hydrogen-bond donors (Lipinski definition) is 0. The number of carbonyl (C=O) groups excluding carboxylic acids is 3. The Hall–Kier alpha value is -4.45. The van der Waals surface area contributed by atoms with E-state index < -0.39 is 6.10 Å².